The molecule has 0 aliphatic rings. The molecule has 72 valence electrons. The lowest BCUT2D eigenvalue weighted by molar-refractivity contribution is -0.138. The Morgan fingerprint density at radius 2 is 1.83 bits per heavy atom. The first kappa shape index (κ1) is 11.4. The summed E-state index contributed by atoms with van der Waals surface area (Å²) in [6, 6.07) is -0.675. The summed E-state index contributed by atoms with van der Waals surface area (Å²) in [6.07, 6.45) is 3.76. The molecule has 0 saturated heterocycles. The van der Waals surface area contributed by atoms with Crippen molar-refractivity contribution in [3.8, 4) is 0 Å². The van der Waals surface area contributed by atoms with E-state index in [9.17, 15) is 4.79 Å². The quantitative estimate of drug-likeness (QED) is 0.641. The van der Waals surface area contributed by atoms with Crippen LogP contribution in [0.4, 0.5) is 0 Å². The van der Waals surface area contributed by atoms with Gasteiger partial charge in [-0.3, -0.25) is 4.79 Å². The van der Waals surface area contributed by atoms with Crippen LogP contribution in [0.25, 0.3) is 0 Å². The normalized spacial score (nSPS) is 13.3. The Bertz CT molecular complexity index is 132. The molecule has 0 aromatic rings. The largest absolute Gasteiger partial charge is 0.480 e. The van der Waals surface area contributed by atoms with Crippen LogP contribution < -0.4 is 5.73 Å². The summed E-state index contributed by atoms with van der Waals surface area (Å²) in [5.41, 5.74) is 5.37. The van der Waals surface area contributed by atoms with Crippen LogP contribution >= 0.6 is 0 Å². The van der Waals surface area contributed by atoms with Crippen LogP contribution in [0.2, 0.25) is 0 Å². The molecule has 0 saturated carbocycles. The highest BCUT2D eigenvalue weighted by Crippen LogP contribution is 2.15. The fourth-order valence-corrected chi connectivity index (χ4v) is 1.24. The Kier molecular flexibility index (Phi) is 5.72. The van der Waals surface area contributed by atoms with Gasteiger partial charge in [0.05, 0.1) is 0 Å². The van der Waals surface area contributed by atoms with E-state index in [2.05, 4.69) is 13.8 Å². The Hall–Kier alpha value is -0.570. The first-order valence-corrected chi connectivity index (χ1v) is 4.60. The fourth-order valence-electron chi connectivity index (χ4n) is 1.24. The van der Waals surface area contributed by atoms with Crippen molar-refractivity contribution in [2.45, 2.75) is 45.6 Å². The lowest BCUT2D eigenvalue weighted by Crippen LogP contribution is -2.30. The smallest absolute Gasteiger partial charge is 0.320 e. The molecule has 0 rings (SSSR count). The molecule has 0 bridgehead atoms. The van der Waals surface area contributed by atoms with E-state index in [0.29, 0.717) is 12.3 Å². The summed E-state index contributed by atoms with van der Waals surface area (Å²) >= 11 is 0. The highest BCUT2D eigenvalue weighted by molar-refractivity contribution is 5.72. The molecule has 0 unspecified atom stereocenters. The second kappa shape index (κ2) is 6.00. The molecule has 3 heteroatoms. The van der Waals surface area contributed by atoms with Crippen LogP contribution in [0.15, 0.2) is 0 Å². The van der Waals surface area contributed by atoms with Crippen molar-refractivity contribution in [2.75, 3.05) is 0 Å². The number of nitrogens with two attached hydrogens (primary N) is 1. The van der Waals surface area contributed by atoms with Gasteiger partial charge in [0.2, 0.25) is 0 Å². The van der Waals surface area contributed by atoms with Crippen molar-refractivity contribution in [3.63, 3.8) is 0 Å². The van der Waals surface area contributed by atoms with Crippen molar-refractivity contribution < 1.29 is 9.90 Å². The predicted octanol–water partition coefficient (Wildman–Crippen LogP) is 1.61. The molecule has 0 spiro atoms. The van der Waals surface area contributed by atoms with Gasteiger partial charge >= 0.3 is 5.97 Å². The Morgan fingerprint density at radius 3 is 2.17 bits per heavy atom. The third-order valence-corrected chi connectivity index (χ3v) is 2.36. The zero-order chi connectivity index (χ0) is 9.56. The van der Waals surface area contributed by atoms with Gasteiger partial charge in [0.25, 0.3) is 0 Å². The Labute approximate surface area is 74.0 Å². The van der Waals surface area contributed by atoms with Crippen LogP contribution in [-0.2, 0) is 4.79 Å². The third-order valence-electron chi connectivity index (χ3n) is 2.36. The minimum absolute atomic E-state index is 0.599. The second-order valence-corrected chi connectivity index (χ2v) is 3.20. The van der Waals surface area contributed by atoms with E-state index in [0.717, 1.165) is 19.3 Å². The van der Waals surface area contributed by atoms with Crippen molar-refractivity contribution >= 4 is 5.97 Å². The molecule has 0 heterocycles. The van der Waals surface area contributed by atoms with E-state index in [1.54, 1.807) is 0 Å². The number of rotatable bonds is 6. The van der Waals surface area contributed by atoms with Crippen molar-refractivity contribution in [1.29, 1.82) is 0 Å². The van der Waals surface area contributed by atoms with Gasteiger partial charge in [-0.25, -0.2) is 0 Å². The summed E-state index contributed by atoms with van der Waals surface area (Å²) in [7, 11) is 0. The molecule has 0 amide bonds. The zero-order valence-corrected chi connectivity index (χ0v) is 7.92. The van der Waals surface area contributed by atoms with E-state index in [-0.39, 0.29) is 0 Å². The number of hydrogen-bond acceptors (Lipinski definition) is 2. The number of aliphatic carboxylic acids is 1. The molecule has 0 radical (unpaired) electrons. The van der Waals surface area contributed by atoms with Gasteiger partial charge in [-0.2, -0.15) is 0 Å². The molecule has 0 aromatic carbocycles. The van der Waals surface area contributed by atoms with Gasteiger partial charge in [0.15, 0.2) is 0 Å². The summed E-state index contributed by atoms with van der Waals surface area (Å²) in [5, 5.41) is 8.52. The fraction of sp³-hybridized carbons (Fsp3) is 0.889. The van der Waals surface area contributed by atoms with E-state index in [1.165, 1.54) is 0 Å². The predicted molar refractivity (Wildman–Crippen MR) is 48.9 cm³/mol. The van der Waals surface area contributed by atoms with E-state index in [4.69, 9.17) is 10.8 Å². The highest BCUT2D eigenvalue weighted by atomic mass is 16.4. The molecule has 0 aliphatic heterocycles. The van der Waals surface area contributed by atoms with E-state index < -0.39 is 12.0 Å². The van der Waals surface area contributed by atoms with Gasteiger partial charge in [0.1, 0.15) is 6.04 Å². The molecule has 0 fully saturated rings. The minimum Gasteiger partial charge on any atom is -0.480 e. The average molecular weight is 173 g/mol. The molecule has 1 atom stereocenters. The van der Waals surface area contributed by atoms with Crippen molar-refractivity contribution in [2.24, 2.45) is 11.7 Å². The van der Waals surface area contributed by atoms with Gasteiger partial charge in [-0.05, 0) is 18.8 Å². The zero-order valence-electron chi connectivity index (χ0n) is 7.92. The van der Waals surface area contributed by atoms with Gasteiger partial charge in [-0.1, -0.05) is 26.7 Å². The van der Waals surface area contributed by atoms with Crippen molar-refractivity contribution in [3.05, 3.63) is 0 Å². The Morgan fingerprint density at radius 1 is 1.33 bits per heavy atom. The van der Waals surface area contributed by atoms with Crippen LogP contribution in [0.1, 0.15) is 39.5 Å². The minimum atomic E-state index is -0.888. The molecule has 12 heavy (non-hydrogen) atoms. The van der Waals surface area contributed by atoms with Crippen LogP contribution in [0.3, 0.4) is 0 Å². The SMILES string of the molecule is CCC(CC)CC[C@H](N)C(=O)O. The lowest BCUT2D eigenvalue weighted by Gasteiger charge is -2.13. The second-order valence-electron chi connectivity index (χ2n) is 3.20. The molecule has 3 N–H and O–H groups in total. The average Bonchev–Trinajstić information content (AvgIpc) is 2.05. The van der Waals surface area contributed by atoms with Gasteiger partial charge in [-0.15, -0.1) is 0 Å². The van der Waals surface area contributed by atoms with Crippen LogP contribution in [-0.4, -0.2) is 17.1 Å². The van der Waals surface area contributed by atoms with E-state index >= 15 is 0 Å². The number of carbonyl (C=O) groups is 1. The topological polar surface area (TPSA) is 63.3 Å². The van der Waals surface area contributed by atoms with Gasteiger partial charge in [0, 0.05) is 0 Å². The van der Waals surface area contributed by atoms with E-state index in [1.807, 2.05) is 0 Å². The summed E-state index contributed by atoms with van der Waals surface area (Å²) in [4.78, 5) is 10.4. The first-order chi connectivity index (χ1) is 5.61. The molecular weight excluding hydrogens is 154 g/mol. The molecular formula is C9H19NO2. The van der Waals surface area contributed by atoms with Gasteiger partial charge < -0.3 is 10.8 Å². The maximum absolute atomic E-state index is 10.4. The standard InChI is InChI=1S/C9H19NO2/c1-3-7(4-2)5-6-8(10)9(11)12/h7-8H,3-6,10H2,1-2H3,(H,11,12)/t8-/m0/s1. The number of hydrogen-bond donors (Lipinski definition) is 2. The monoisotopic (exact) mass is 173 g/mol. The maximum Gasteiger partial charge on any atom is 0.320 e. The number of carboxylic acid groups (broad SMARTS) is 1. The van der Waals surface area contributed by atoms with Crippen molar-refractivity contribution in [1.82, 2.24) is 0 Å². The highest BCUT2D eigenvalue weighted by Gasteiger charge is 2.13. The molecule has 0 aliphatic carbocycles. The Balaban J connectivity index is 3.58. The number of carboxylic acids is 1. The summed E-state index contributed by atoms with van der Waals surface area (Å²) in [5.74, 6) is -0.253. The lowest BCUT2D eigenvalue weighted by atomic mass is 9.95. The van der Waals surface area contributed by atoms with Crippen LogP contribution in [0, 0.1) is 5.92 Å². The molecule has 3 nitrogen and oxygen atoms in total. The third kappa shape index (κ3) is 4.34. The first-order valence-electron chi connectivity index (χ1n) is 4.60. The summed E-state index contributed by atoms with van der Waals surface area (Å²) in [6.45, 7) is 4.25. The molecule has 0 aromatic heterocycles. The summed E-state index contributed by atoms with van der Waals surface area (Å²) < 4.78 is 0. The van der Waals surface area contributed by atoms with Crippen LogP contribution in [0.5, 0.6) is 0 Å². The maximum atomic E-state index is 10.4.